The van der Waals surface area contributed by atoms with Crippen LogP contribution < -0.4 is 10.1 Å². The quantitative estimate of drug-likeness (QED) is 0.843. The minimum atomic E-state index is -0.225. The second-order valence-corrected chi connectivity index (χ2v) is 5.22. The van der Waals surface area contributed by atoms with E-state index < -0.39 is 0 Å². The van der Waals surface area contributed by atoms with E-state index in [1.54, 1.807) is 12.4 Å². The van der Waals surface area contributed by atoms with E-state index in [1.807, 2.05) is 20.8 Å². The van der Waals surface area contributed by atoms with Crippen molar-refractivity contribution in [1.29, 1.82) is 0 Å². The van der Waals surface area contributed by atoms with Gasteiger partial charge < -0.3 is 10.1 Å². The molecule has 16 heavy (non-hydrogen) atoms. The maximum Gasteiger partial charge on any atom is 0.233 e. The van der Waals surface area contributed by atoms with Crippen molar-refractivity contribution in [3.63, 3.8) is 0 Å². The van der Waals surface area contributed by atoms with Crippen molar-refractivity contribution in [2.75, 3.05) is 0 Å². The number of rotatable bonds is 4. The molecule has 0 saturated heterocycles. The first-order valence-electron chi connectivity index (χ1n) is 5.76. The molecule has 0 aromatic carbocycles. The molecule has 0 aliphatic heterocycles. The first-order chi connectivity index (χ1) is 7.53. The number of hydrogen-bond donors (Lipinski definition) is 1. The van der Waals surface area contributed by atoms with E-state index in [0.29, 0.717) is 11.9 Å². The largest absolute Gasteiger partial charge is 0.471 e. The van der Waals surface area contributed by atoms with E-state index in [2.05, 4.69) is 15.3 Å². The molecule has 0 amide bonds. The van der Waals surface area contributed by atoms with Crippen LogP contribution in [0.2, 0.25) is 0 Å². The number of aromatic nitrogens is 2. The average molecular weight is 221 g/mol. The number of nitrogens with zero attached hydrogens (tertiary/aromatic N) is 2. The van der Waals surface area contributed by atoms with Crippen LogP contribution in [0.15, 0.2) is 12.4 Å². The zero-order valence-electron chi connectivity index (χ0n) is 10.2. The summed E-state index contributed by atoms with van der Waals surface area (Å²) in [4.78, 5) is 8.55. The molecule has 0 spiro atoms. The Kier molecular flexibility index (Phi) is 3.10. The summed E-state index contributed by atoms with van der Waals surface area (Å²) in [5.41, 5.74) is 0.714. The normalized spacial score (nSPS) is 16.2. The van der Waals surface area contributed by atoms with E-state index in [0.717, 1.165) is 12.2 Å². The van der Waals surface area contributed by atoms with Gasteiger partial charge in [-0.15, -0.1) is 0 Å². The summed E-state index contributed by atoms with van der Waals surface area (Å²) >= 11 is 0. The molecule has 1 aromatic heterocycles. The van der Waals surface area contributed by atoms with E-state index in [1.165, 1.54) is 12.8 Å². The van der Waals surface area contributed by atoms with Crippen LogP contribution in [-0.4, -0.2) is 21.6 Å². The maximum atomic E-state index is 5.66. The topological polar surface area (TPSA) is 47.0 Å². The summed E-state index contributed by atoms with van der Waals surface area (Å²) in [5, 5.41) is 3.40. The van der Waals surface area contributed by atoms with Gasteiger partial charge in [-0.1, -0.05) is 0 Å². The van der Waals surface area contributed by atoms with Crippen LogP contribution in [0.4, 0.5) is 0 Å². The second-order valence-electron chi connectivity index (χ2n) is 5.22. The summed E-state index contributed by atoms with van der Waals surface area (Å²) in [6, 6.07) is 0.689. The fraction of sp³-hybridized carbons (Fsp3) is 0.667. The van der Waals surface area contributed by atoms with Gasteiger partial charge in [-0.2, -0.15) is 0 Å². The van der Waals surface area contributed by atoms with Gasteiger partial charge in [0.2, 0.25) is 5.88 Å². The molecule has 0 atom stereocenters. The van der Waals surface area contributed by atoms with Crippen LogP contribution in [0.25, 0.3) is 0 Å². The molecule has 1 N–H and O–H groups in total. The molecule has 0 bridgehead atoms. The fourth-order valence-corrected chi connectivity index (χ4v) is 1.37. The Hall–Kier alpha value is -1.16. The number of ether oxygens (including phenoxy) is 1. The standard InChI is InChI=1S/C12H19N3O/c1-12(2,3)16-11-8-13-6-10(15-11)7-14-9-4-5-9/h6,8-9,14H,4-5,7H2,1-3H3. The summed E-state index contributed by atoms with van der Waals surface area (Å²) in [5.74, 6) is 0.600. The Balaban J connectivity index is 1.95. The van der Waals surface area contributed by atoms with E-state index in [-0.39, 0.29) is 5.60 Å². The van der Waals surface area contributed by atoms with Crippen molar-refractivity contribution >= 4 is 0 Å². The van der Waals surface area contributed by atoms with Crippen LogP contribution in [-0.2, 0) is 6.54 Å². The van der Waals surface area contributed by atoms with Crippen molar-refractivity contribution in [3.05, 3.63) is 18.1 Å². The molecule has 2 rings (SSSR count). The van der Waals surface area contributed by atoms with Gasteiger partial charge in [0.1, 0.15) is 5.60 Å². The van der Waals surface area contributed by atoms with Crippen LogP contribution >= 0.6 is 0 Å². The van der Waals surface area contributed by atoms with Crippen molar-refractivity contribution in [1.82, 2.24) is 15.3 Å². The third-order valence-corrected chi connectivity index (χ3v) is 2.22. The van der Waals surface area contributed by atoms with Gasteiger partial charge in [0.25, 0.3) is 0 Å². The highest BCUT2D eigenvalue weighted by Gasteiger charge is 2.20. The highest BCUT2D eigenvalue weighted by atomic mass is 16.5. The lowest BCUT2D eigenvalue weighted by Gasteiger charge is -2.20. The SMILES string of the molecule is CC(C)(C)Oc1cncc(CNC2CC2)n1. The minimum absolute atomic E-state index is 0.225. The predicted molar refractivity (Wildman–Crippen MR) is 62.3 cm³/mol. The van der Waals surface area contributed by atoms with Crippen molar-refractivity contribution in [2.24, 2.45) is 0 Å². The Labute approximate surface area is 96.4 Å². The molecule has 4 nitrogen and oxygen atoms in total. The van der Waals surface area contributed by atoms with Gasteiger partial charge in [0.15, 0.2) is 0 Å². The molecule has 1 heterocycles. The molecule has 1 aromatic rings. The Bertz CT molecular complexity index is 356. The average Bonchev–Trinajstić information content (AvgIpc) is 2.96. The van der Waals surface area contributed by atoms with Crippen molar-refractivity contribution in [3.8, 4) is 5.88 Å². The van der Waals surface area contributed by atoms with Crippen LogP contribution in [0, 0.1) is 0 Å². The summed E-state index contributed by atoms with van der Waals surface area (Å²) in [6.45, 7) is 6.79. The van der Waals surface area contributed by atoms with Crippen LogP contribution in [0.1, 0.15) is 39.3 Å². The molecular formula is C12H19N3O. The smallest absolute Gasteiger partial charge is 0.233 e. The van der Waals surface area contributed by atoms with Gasteiger partial charge in [-0.3, -0.25) is 4.98 Å². The molecule has 1 aliphatic carbocycles. The monoisotopic (exact) mass is 221 g/mol. The molecule has 4 heteroatoms. The predicted octanol–water partition coefficient (Wildman–Crippen LogP) is 1.91. The second kappa shape index (κ2) is 4.37. The lowest BCUT2D eigenvalue weighted by Crippen LogP contribution is -2.24. The maximum absolute atomic E-state index is 5.66. The summed E-state index contributed by atoms with van der Waals surface area (Å²) < 4.78 is 5.66. The van der Waals surface area contributed by atoms with Crippen LogP contribution in [0.5, 0.6) is 5.88 Å². The summed E-state index contributed by atoms with van der Waals surface area (Å²) in [7, 11) is 0. The lowest BCUT2D eigenvalue weighted by atomic mass is 10.2. The molecule has 0 radical (unpaired) electrons. The minimum Gasteiger partial charge on any atom is -0.471 e. The van der Waals surface area contributed by atoms with Gasteiger partial charge in [0.05, 0.1) is 11.9 Å². The van der Waals surface area contributed by atoms with E-state index >= 15 is 0 Å². The van der Waals surface area contributed by atoms with Gasteiger partial charge in [-0.25, -0.2) is 4.98 Å². The molecular weight excluding hydrogens is 202 g/mol. The zero-order chi connectivity index (χ0) is 11.6. The Morgan fingerprint density at radius 1 is 1.38 bits per heavy atom. The fourth-order valence-electron chi connectivity index (χ4n) is 1.37. The first kappa shape index (κ1) is 11.3. The van der Waals surface area contributed by atoms with Gasteiger partial charge in [-0.05, 0) is 33.6 Å². The Morgan fingerprint density at radius 3 is 2.75 bits per heavy atom. The third kappa shape index (κ3) is 3.77. The summed E-state index contributed by atoms with van der Waals surface area (Å²) in [6.07, 6.45) is 6.01. The van der Waals surface area contributed by atoms with E-state index in [9.17, 15) is 0 Å². The number of hydrogen-bond acceptors (Lipinski definition) is 4. The molecule has 1 aliphatic rings. The molecule has 0 unspecified atom stereocenters. The van der Waals surface area contributed by atoms with Gasteiger partial charge in [0, 0.05) is 18.8 Å². The van der Waals surface area contributed by atoms with Crippen molar-refractivity contribution in [2.45, 2.75) is 51.8 Å². The number of nitrogens with one attached hydrogen (secondary N) is 1. The van der Waals surface area contributed by atoms with Crippen LogP contribution in [0.3, 0.4) is 0 Å². The highest BCUT2D eigenvalue weighted by molar-refractivity contribution is 5.09. The Morgan fingerprint density at radius 2 is 2.12 bits per heavy atom. The van der Waals surface area contributed by atoms with Crippen molar-refractivity contribution < 1.29 is 4.74 Å². The molecule has 1 saturated carbocycles. The zero-order valence-corrected chi connectivity index (χ0v) is 10.2. The molecule has 1 fully saturated rings. The first-order valence-corrected chi connectivity index (χ1v) is 5.76. The third-order valence-electron chi connectivity index (χ3n) is 2.22. The molecule has 88 valence electrons. The van der Waals surface area contributed by atoms with E-state index in [4.69, 9.17) is 4.74 Å². The highest BCUT2D eigenvalue weighted by Crippen LogP contribution is 2.19. The lowest BCUT2D eigenvalue weighted by molar-refractivity contribution is 0.123. The van der Waals surface area contributed by atoms with Gasteiger partial charge >= 0.3 is 0 Å².